The van der Waals surface area contributed by atoms with Crippen molar-refractivity contribution in [1.29, 1.82) is 0 Å². The molecule has 1 heterocycles. The van der Waals surface area contributed by atoms with Crippen LogP contribution in [0.4, 0.5) is 0 Å². The summed E-state index contributed by atoms with van der Waals surface area (Å²) in [6.07, 6.45) is 14.6. The monoisotopic (exact) mass is 242 g/mol. The highest BCUT2D eigenvalue weighted by molar-refractivity contribution is 8.00. The zero-order valence-electron chi connectivity index (χ0n) is 11.4. The molecule has 1 heteroatoms. The quantitative estimate of drug-likeness (QED) is 0.445. The lowest BCUT2D eigenvalue weighted by Gasteiger charge is -2.42. The topological polar surface area (TPSA) is 0 Å². The molecule has 1 rings (SSSR count). The Bertz CT molecular complexity index is 147. The van der Waals surface area contributed by atoms with Gasteiger partial charge in [0.1, 0.15) is 0 Å². The third-order valence-electron chi connectivity index (χ3n) is 3.94. The van der Waals surface area contributed by atoms with Crippen molar-refractivity contribution in [3.8, 4) is 0 Å². The van der Waals surface area contributed by atoms with E-state index in [1.165, 1.54) is 75.7 Å². The molecule has 1 saturated heterocycles. The van der Waals surface area contributed by atoms with Crippen molar-refractivity contribution in [3.63, 3.8) is 0 Å². The van der Waals surface area contributed by atoms with Crippen LogP contribution in [0.3, 0.4) is 0 Å². The average molecular weight is 242 g/mol. The summed E-state index contributed by atoms with van der Waals surface area (Å²) in [5, 5.41) is 0. The van der Waals surface area contributed by atoms with E-state index in [2.05, 4.69) is 25.6 Å². The van der Waals surface area contributed by atoms with Gasteiger partial charge in [0, 0.05) is 0 Å². The van der Waals surface area contributed by atoms with Gasteiger partial charge in [0.25, 0.3) is 0 Å². The molecule has 0 spiro atoms. The van der Waals surface area contributed by atoms with Crippen LogP contribution in [-0.2, 0) is 0 Å². The average Bonchev–Trinajstić information content (AvgIpc) is 2.25. The Morgan fingerprint density at radius 1 is 0.750 bits per heavy atom. The first-order valence-corrected chi connectivity index (χ1v) is 8.56. The van der Waals surface area contributed by atoms with Crippen molar-refractivity contribution in [2.75, 3.05) is 11.5 Å². The molecule has 0 aromatic heterocycles. The van der Waals surface area contributed by atoms with Crippen molar-refractivity contribution in [2.45, 2.75) is 78.1 Å². The lowest BCUT2D eigenvalue weighted by atomic mass is 9.80. The molecule has 0 saturated carbocycles. The van der Waals surface area contributed by atoms with Crippen molar-refractivity contribution >= 4 is 11.8 Å². The van der Waals surface area contributed by atoms with E-state index in [-0.39, 0.29) is 0 Å². The second kappa shape index (κ2) is 8.44. The highest BCUT2D eigenvalue weighted by Gasteiger charge is 2.36. The lowest BCUT2D eigenvalue weighted by Crippen LogP contribution is -2.35. The van der Waals surface area contributed by atoms with Crippen molar-refractivity contribution < 1.29 is 0 Å². The van der Waals surface area contributed by atoms with E-state index in [0.717, 1.165) is 5.41 Å². The number of thioether (sulfide) groups is 1. The van der Waals surface area contributed by atoms with Crippen LogP contribution < -0.4 is 0 Å². The molecule has 1 fully saturated rings. The Labute approximate surface area is 107 Å². The molecule has 16 heavy (non-hydrogen) atoms. The van der Waals surface area contributed by atoms with Crippen LogP contribution in [0.2, 0.25) is 0 Å². The molecule has 0 aromatic rings. The third kappa shape index (κ3) is 5.12. The summed E-state index contributed by atoms with van der Waals surface area (Å²) in [7, 11) is 0. The molecule has 0 N–H and O–H groups in total. The summed E-state index contributed by atoms with van der Waals surface area (Å²) in [6.45, 7) is 4.61. The maximum absolute atomic E-state index is 2.31. The second-order valence-corrected chi connectivity index (χ2v) is 6.60. The van der Waals surface area contributed by atoms with E-state index in [4.69, 9.17) is 0 Å². The predicted molar refractivity (Wildman–Crippen MR) is 77.3 cm³/mol. The Morgan fingerprint density at radius 3 is 1.56 bits per heavy atom. The van der Waals surface area contributed by atoms with Gasteiger partial charge in [0.15, 0.2) is 0 Å². The largest absolute Gasteiger partial charge is 0.161 e. The zero-order chi connectivity index (χ0) is 11.7. The van der Waals surface area contributed by atoms with Gasteiger partial charge in [0.2, 0.25) is 0 Å². The Morgan fingerprint density at radius 2 is 1.25 bits per heavy atom. The highest BCUT2D eigenvalue weighted by atomic mass is 32.2. The highest BCUT2D eigenvalue weighted by Crippen LogP contribution is 2.46. The van der Waals surface area contributed by atoms with Crippen molar-refractivity contribution in [3.05, 3.63) is 0 Å². The summed E-state index contributed by atoms with van der Waals surface area (Å²) in [4.78, 5) is 0. The smallest absolute Gasteiger partial charge is 0.000269 e. The molecule has 0 unspecified atom stereocenters. The number of unbranched alkanes of at least 4 members (excludes halogenated alkanes) is 6. The van der Waals surface area contributed by atoms with Crippen molar-refractivity contribution in [1.82, 2.24) is 0 Å². The van der Waals surface area contributed by atoms with Gasteiger partial charge in [-0.3, -0.25) is 0 Å². The van der Waals surface area contributed by atoms with Gasteiger partial charge >= 0.3 is 0 Å². The first-order chi connectivity index (χ1) is 7.83. The van der Waals surface area contributed by atoms with Gasteiger partial charge in [-0.2, -0.15) is 11.8 Å². The molecular weight excluding hydrogens is 212 g/mol. The van der Waals surface area contributed by atoms with E-state index < -0.39 is 0 Å². The van der Waals surface area contributed by atoms with E-state index in [1.54, 1.807) is 0 Å². The Hall–Kier alpha value is 0.350. The van der Waals surface area contributed by atoms with Crippen molar-refractivity contribution in [2.24, 2.45) is 5.41 Å². The Kier molecular flexibility index (Phi) is 7.60. The SMILES string of the molecule is CCCCCCC1(CCCCCC)CSC1. The van der Waals surface area contributed by atoms with Gasteiger partial charge in [-0.05, 0) is 29.8 Å². The lowest BCUT2D eigenvalue weighted by molar-refractivity contribution is 0.279. The second-order valence-electron chi connectivity index (χ2n) is 5.61. The molecular formula is C15H30S. The Balaban J connectivity index is 2.07. The molecule has 0 aromatic carbocycles. The number of hydrogen-bond donors (Lipinski definition) is 0. The van der Waals surface area contributed by atoms with Gasteiger partial charge in [0.05, 0.1) is 0 Å². The third-order valence-corrected chi connectivity index (χ3v) is 5.57. The van der Waals surface area contributed by atoms with Gasteiger partial charge in [-0.1, -0.05) is 65.2 Å². The van der Waals surface area contributed by atoms with Crippen LogP contribution in [0.5, 0.6) is 0 Å². The van der Waals surface area contributed by atoms with Crippen LogP contribution in [0, 0.1) is 5.41 Å². The summed E-state index contributed by atoms with van der Waals surface area (Å²) >= 11 is 2.17. The molecule has 0 amide bonds. The molecule has 0 atom stereocenters. The molecule has 0 aliphatic carbocycles. The summed E-state index contributed by atoms with van der Waals surface area (Å²) < 4.78 is 0. The molecule has 1 aliphatic heterocycles. The minimum atomic E-state index is 0.784. The van der Waals surface area contributed by atoms with Crippen LogP contribution >= 0.6 is 11.8 Å². The maximum Gasteiger partial charge on any atom is -0.000269 e. The van der Waals surface area contributed by atoms with Crippen LogP contribution in [0.25, 0.3) is 0 Å². The summed E-state index contributed by atoms with van der Waals surface area (Å²) in [6, 6.07) is 0. The van der Waals surface area contributed by atoms with Gasteiger partial charge in [-0.25, -0.2) is 0 Å². The van der Waals surface area contributed by atoms with E-state index in [1.807, 2.05) is 0 Å². The van der Waals surface area contributed by atoms with Gasteiger partial charge in [-0.15, -0.1) is 0 Å². The minimum Gasteiger partial charge on any atom is -0.161 e. The first-order valence-electron chi connectivity index (χ1n) is 7.41. The van der Waals surface area contributed by atoms with Crippen LogP contribution in [-0.4, -0.2) is 11.5 Å². The minimum absolute atomic E-state index is 0.784. The fourth-order valence-corrected chi connectivity index (χ4v) is 4.02. The summed E-state index contributed by atoms with van der Waals surface area (Å²) in [5.41, 5.74) is 0.784. The fraction of sp³-hybridized carbons (Fsp3) is 1.00. The molecule has 96 valence electrons. The molecule has 0 nitrogen and oxygen atoms in total. The summed E-state index contributed by atoms with van der Waals surface area (Å²) in [5.74, 6) is 2.93. The predicted octanol–water partition coefficient (Wildman–Crippen LogP) is 5.66. The van der Waals surface area contributed by atoms with E-state index >= 15 is 0 Å². The standard InChI is InChI=1S/C15H30S/c1-3-5-7-9-11-15(13-16-14-15)12-10-8-6-4-2/h3-14H2,1-2H3. The molecule has 0 radical (unpaired) electrons. The normalized spacial score (nSPS) is 18.4. The number of rotatable bonds is 10. The fourth-order valence-electron chi connectivity index (χ4n) is 2.66. The van der Waals surface area contributed by atoms with Crippen LogP contribution in [0.15, 0.2) is 0 Å². The number of hydrogen-bond acceptors (Lipinski definition) is 1. The van der Waals surface area contributed by atoms with E-state index in [0.29, 0.717) is 0 Å². The van der Waals surface area contributed by atoms with Gasteiger partial charge < -0.3 is 0 Å². The maximum atomic E-state index is 2.31. The molecule has 1 aliphatic rings. The van der Waals surface area contributed by atoms with Crippen LogP contribution in [0.1, 0.15) is 78.1 Å². The first kappa shape index (κ1) is 14.4. The van der Waals surface area contributed by atoms with E-state index in [9.17, 15) is 0 Å². The molecule has 0 bridgehead atoms. The zero-order valence-corrected chi connectivity index (χ0v) is 12.2.